The van der Waals surface area contributed by atoms with Crippen LogP contribution in [0.4, 0.5) is 0 Å². The van der Waals surface area contributed by atoms with E-state index in [0.717, 1.165) is 28.4 Å². The van der Waals surface area contributed by atoms with Crippen molar-refractivity contribution in [1.82, 2.24) is 5.32 Å². The Morgan fingerprint density at radius 3 is 2.76 bits per heavy atom. The number of halogens is 1. The molecule has 0 saturated heterocycles. The van der Waals surface area contributed by atoms with Crippen LogP contribution in [-0.4, -0.2) is 13.8 Å². The van der Waals surface area contributed by atoms with Gasteiger partial charge < -0.3 is 19.5 Å². The van der Waals surface area contributed by atoms with Crippen LogP contribution in [0.15, 0.2) is 36.4 Å². The molecule has 0 saturated carbocycles. The van der Waals surface area contributed by atoms with Crippen molar-refractivity contribution < 1.29 is 14.2 Å². The van der Waals surface area contributed by atoms with E-state index < -0.39 is 0 Å². The van der Waals surface area contributed by atoms with E-state index in [9.17, 15) is 0 Å². The molecule has 3 rings (SSSR count). The van der Waals surface area contributed by atoms with Gasteiger partial charge in [0, 0.05) is 23.2 Å². The van der Waals surface area contributed by atoms with Crippen LogP contribution in [0, 0.1) is 0 Å². The normalized spacial score (nSPS) is 12.5. The Labute approximate surface area is 128 Å². The van der Waals surface area contributed by atoms with Crippen molar-refractivity contribution in [2.45, 2.75) is 13.2 Å². The molecule has 1 N–H and O–H groups in total. The largest absolute Gasteiger partial charge is 0.488 e. The van der Waals surface area contributed by atoms with Crippen molar-refractivity contribution in [1.29, 1.82) is 0 Å². The third kappa shape index (κ3) is 3.23. The Morgan fingerprint density at radius 2 is 2.00 bits per heavy atom. The minimum atomic E-state index is 0.256. The quantitative estimate of drug-likeness (QED) is 0.919. The molecule has 2 aromatic rings. The molecule has 110 valence electrons. The summed E-state index contributed by atoms with van der Waals surface area (Å²) in [6.45, 7) is 1.41. The first-order chi connectivity index (χ1) is 10.3. The molecule has 0 aliphatic carbocycles. The molecule has 1 aliphatic heterocycles. The van der Waals surface area contributed by atoms with Crippen LogP contribution in [0.25, 0.3) is 0 Å². The topological polar surface area (TPSA) is 39.7 Å². The second-order valence-corrected chi connectivity index (χ2v) is 5.20. The van der Waals surface area contributed by atoms with Crippen LogP contribution in [0.1, 0.15) is 11.1 Å². The molecule has 0 atom stereocenters. The molecule has 0 spiro atoms. The lowest BCUT2D eigenvalue weighted by atomic mass is 10.1. The molecule has 21 heavy (non-hydrogen) atoms. The van der Waals surface area contributed by atoms with Crippen LogP contribution >= 0.6 is 11.6 Å². The van der Waals surface area contributed by atoms with Crippen LogP contribution in [0.2, 0.25) is 5.02 Å². The van der Waals surface area contributed by atoms with E-state index >= 15 is 0 Å². The van der Waals surface area contributed by atoms with Crippen LogP contribution in [0.5, 0.6) is 17.2 Å². The van der Waals surface area contributed by atoms with Crippen molar-refractivity contribution in [2.75, 3.05) is 13.8 Å². The van der Waals surface area contributed by atoms with E-state index in [-0.39, 0.29) is 6.79 Å². The molecule has 0 fully saturated rings. The summed E-state index contributed by atoms with van der Waals surface area (Å²) in [7, 11) is 1.89. The maximum Gasteiger partial charge on any atom is 0.231 e. The molecule has 1 heterocycles. The van der Waals surface area contributed by atoms with Gasteiger partial charge in [-0.15, -0.1) is 0 Å². The molecule has 2 aromatic carbocycles. The Kier molecular flexibility index (Phi) is 4.18. The maximum atomic E-state index is 5.98. The predicted molar refractivity (Wildman–Crippen MR) is 81.1 cm³/mol. The smallest absolute Gasteiger partial charge is 0.231 e. The highest BCUT2D eigenvalue weighted by atomic mass is 35.5. The van der Waals surface area contributed by atoms with Gasteiger partial charge in [0.2, 0.25) is 6.79 Å². The molecule has 0 unspecified atom stereocenters. The number of nitrogens with one attached hydrogen (secondary N) is 1. The highest BCUT2D eigenvalue weighted by molar-refractivity contribution is 6.30. The predicted octanol–water partition coefficient (Wildman–Crippen LogP) is 3.37. The van der Waals surface area contributed by atoms with Gasteiger partial charge in [-0.3, -0.25) is 0 Å². The van der Waals surface area contributed by atoms with Crippen molar-refractivity contribution in [3.05, 3.63) is 52.5 Å². The molecule has 0 bridgehead atoms. The fraction of sp³-hybridized carbons (Fsp3) is 0.250. The molecule has 4 nitrogen and oxygen atoms in total. The van der Waals surface area contributed by atoms with Gasteiger partial charge in [-0.1, -0.05) is 23.7 Å². The molecule has 5 heteroatoms. The zero-order chi connectivity index (χ0) is 14.7. The first-order valence-corrected chi connectivity index (χ1v) is 7.08. The first-order valence-electron chi connectivity index (χ1n) is 6.70. The van der Waals surface area contributed by atoms with Gasteiger partial charge in [0.05, 0.1) is 0 Å². The second kappa shape index (κ2) is 6.24. The average Bonchev–Trinajstić information content (AvgIpc) is 2.92. The van der Waals surface area contributed by atoms with Crippen molar-refractivity contribution in [3.63, 3.8) is 0 Å². The summed E-state index contributed by atoms with van der Waals surface area (Å²) in [4.78, 5) is 0. The molecule has 0 radical (unpaired) electrons. The van der Waals surface area contributed by atoms with Crippen molar-refractivity contribution in [2.24, 2.45) is 0 Å². The summed E-state index contributed by atoms with van der Waals surface area (Å²) in [5.41, 5.74) is 2.05. The summed E-state index contributed by atoms with van der Waals surface area (Å²) in [5, 5.41) is 3.83. The van der Waals surface area contributed by atoms with E-state index in [1.807, 2.05) is 43.4 Å². The standard InChI is InChI=1S/C16H16ClNO3/c1-18-8-12-6-15-16(21-10-20-15)7-14(12)19-9-11-3-2-4-13(17)5-11/h2-7,18H,8-10H2,1H3. The fourth-order valence-electron chi connectivity index (χ4n) is 2.22. The van der Waals surface area contributed by atoms with Crippen LogP contribution in [-0.2, 0) is 13.2 Å². The Hall–Kier alpha value is -1.91. The molecule has 1 aliphatic rings. The summed E-state index contributed by atoms with van der Waals surface area (Å²) < 4.78 is 16.7. The summed E-state index contributed by atoms with van der Waals surface area (Å²) in [6, 6.07) is 11.5. The number of hydrogen-bond donors (Lipinski definition) is 1. The van der Waals surface area contributed by atoms with Crippen LogP contribution < -0.4 is 19.5 Å². The summed E-state index contributed by atoms with van der Waals surface area (Å²) in [5.74, 6) is 2.26. The van der Waals surface area contributed by atoms with E-state index in [1.165, 1.54) is 0 Å². The lowest BCUT2D eigenvalue weighted by molar-refractivity contribution is 0.173. The van der Waals surface area contributed by atoms with E-state index in [0.29, 0.717) is 18.2 Å². The number of hydrogen-bond acceptors (Lipinski definition) is 4. The minimum Gasteiger partial charge on any atom is -0.488 e. The molecular weight excluding hydrogens is 290 g/mol. The second-order valence-electron chi connectivity index (χ2n) is 4.76. The van der Waals surface area contributed by atoms with Gasteiger partial charge in [-0.05, 0) is 30.8 Å². The van der Waals surface area contributed by atoms with Gasteiger partial charge >= 0.3 is 0 Å². The van der Waals surface area contributed by atoms with Gasteiger partial charge in [0.15, 0.2) is 11.5 Å². The average molecular weight is 306 g/mol. The fourth-order valence-corrected chi connectivity index (χ4v) is 2.43. The lowest BCUT2D eigenvalue weighted by Crippen LogP contribution is -2.07. The zero-order valence-corrected chi connectivity index (χ0v) is 12.4. The lowest BCUT2D eigenvalue weighted by Gasteiger charge is -2.12. The first kappa shape index (κ1) is 14.0. The number of rotatable bonds is 5. The van der Waals surface area contributed by atoms with Crippen molar-refractivity contribution in [3.8, 4) is 17.2 Å². The Balaban J connectivity index is 1.80. The number of ether oxygens (including phenoxy) is 3. The molecular formula is C16H16ClNO3. The SMILES string of the molecule is CNCc1cc2c(cc1OCc1cccc(Cl)c1)OCO2. The highest BCUT2D eigenvalue weighted by Gasteiger charge is 2.17. The Morgan fingerprint density at radius 1 is 1.19 bits per heavy atom. The van der Waals surface area contributed by atoms with Gasteiger partial charge in [0.25, 0.3) is 0 Å². The van der Waals surface area contributed by atoms with Gasteiger partial charge in [-0.2, -0.15) is 0 Å². The van der Waals surface area contributed by atoms with Gasteiger partial charge in [-0.25, -0.2) is 0 Å². The number of fused-ring (bicyclic) bond motifs is 1. The summed E-state index contributed by atoms with van der Waals surface area (Å²) in [6.07, 6.45) is 0. The minimum absolute atomic E-state index is 0.256. The van der Waals surface area contributed by atoms with Crippen molar-refractivity contribution >= 4 is 11.6 Å². The highest BCUT2D eigenvalue weighted by Crippen LogP contribution is 2.38. The molecule has 0 amide bonds. The van der Waals surface area contributed by atoms with Crippen LogP contribution in [0.3, 0.4) is 0 Å². The maximum absolute atomic E-state index is 5.98. The van der Waals surface area contributed by atoms with E-state index in [4.69, 9.17) is 25.8 Å². The number of benzene rings is 2. The molecule has 0 aromatic heterocycles. The third-order valence-corrected chi connectivity index (χ3v) is 3.44. The van der Waals surface area contributed by atoms with E-state index in [1.54, 1.807) is 0 Å². The van der Waals surface area contributed by atoms with E-state index in [2.05, 4.69) is 5.32 Å². The monoisotopic (exact) mass is 305 g/mol. The Bertz CT molecular complexity index is 645. The summed E-state index contributed by atoms with van der Waals surface area (Å²) >= 11 is 5.98. The zero-order valence-electron chi connectivity index (χ0n) is 11.7. The third-order valence-electron chi connectivity index (χ3n) is 3.21. The van der Waals surface area contributed by atoms with Gasteiger partial charge in [0.1, 0.15) is 12.4 Å².